The topological polar surface area (TPSA) is 221 Å². The molecule has 2 fully saturated rings. The Morgan fingerprint density at radius 1 is 0.422 bits per heavy atom. The highest BCUT2D eigenvalue weighted by molar-refractivity contribution is 9.09. The molecule has 2 atom stereocenters. The maximum Gasteiger partial charge on any atom is 0.323 e. The van der Waals surface area contributed by atoms with Gasteiger partial charge >= 0.3 is 41.8 Å². The van der Waals surface area contributed by atoms with Crippen LogP contribution in [0, 0.1) is 0 Å². The van der Waals surface area contributed by atoms with Crippen LogP contribution in [-0.4, -0.2) is 198 Å². The minimum absolute atomic E-state index is 0.0243. The lowest BCUT2D eigenvalue weighted by Crippen LogP contribution is -2.49. The van der Waals surface area contributed by atoms with E-state index in [2.05, 4.69) is 31.5 Å². The monoisotopic (exact) mass is 1230 g/mol. The van der Waals surface area contributed by atoms with Crippen LogP contribution in [0.1, 0.15) is 141 Å². The molecule has 20 nitrogen and oxygen atoms in total. The summed E-state index contributed by atoms with van der Waals surface area (Å²) in [4.78, 5) is 95.6. The van der Waals surface area contributed by atoms with E-state index in [0.29, 0.717) is 45.7 Å². The molecule has 0 bridgehead atoms. The van der Waals surface area contributed by atoms with Crippen molar-refractivity contribution < 1.29 is 66.7 Å². The molecule has 4 rings (SSSR count). The molecule has 2 unspecified atom stereocenters. The van der Waals surface area contributed by atoms with E-state index in [0.717, 1.165) is 50.4 Å². The molecule has 2 aromatic rings. The van der Waals surface area contributed by atoms with Crippen molar-refractivity contribution >= 4 is 57.7 Å². The van der Waals surface area contributed by atoms with Crippen LogP contribution in [0.2, 0.25) is 0 Å². The summed E-state index contributed by atoms with van der Waals surface area (Å²) in [6.07, 6.45) is 0.772. The molecule has 2 saturated heterocycles. The van der Waals surface area contributed by atoms with E-state index >= 15 is 0 Å². The zero-order valence-corrected chi connectivity index (χ0v) is 54.2. The minimum atomic E-state index is -0.738. The van der Waals surface area contributed by atoms with E-state index in [1.165, 1.54) is 0 Å². The summed E-state index contributed by atoms with van der Waals surface area (Å²) in [6, 6.07) is 17.8. The number of hydrogen-bond acceptors (Lipinski definition) is 20. The van der Waals surface area contributed by atoms with E-state index in [4.69, 9.17) is 33.2 Å². The molecule has 2 aliphatic rings. The van der Waals surface area contributed by atoms with Crippen LogP contribution >= 0.6 is 15.9 Å². The Kier molecular flexibility index (Phi) is 32.8. The summed E-state index contributed by atoms with van der Waals surface area (Å²) < 4.78 is 38.3. The molecule has 21 heteroatoms. The summed E-state index contributed by atoms with van der Waals surface area (Å²) in [5.74, 6) is -2.35. The van der Waals surface area contributed by atoms with E-state index in [9.17, 15) is 33.6 Å². The summed E-state index contributed by atoms with van der Waals surface area (Å²) in [5.41, 5.74) is -1.07. The van der Waals surface area contributed by atoms with Crippen molar-refractivity contribution in [3.05, 3.63) is 71.8 Å². The average Bonchev–Trinajstić information content (AvgIpc) is 3.64. The number of alkyl halides is 1. The fourth-order valence-corrected chi connectivity index (χ4v) is 8.45. The number of halogens is 1. The molecular formula is C62H101BrN6O14. The highest BCUT2D eigenvalue weighted by atomic mass is 79.9. The molecule has 0 aromatic heterocycles. The first-order valence-corrected chi connectivity index (χ1v) is 30.1. The van der Waals surface area contributed by atoms with Gasteiger partial charge in [0.1, 0.15) is 58.6 Å². The maximum atomic E-state index is 13.6. The standard InChI is InChI=1S/C34H55N3O8.C22H35N3O4.C6H11BrO2/c1-32(2,3)43-29(39)23-35-17-18-36(24-30(40)44-33(4,5)6)20-22-37(21-19-35)27(31(41)45-34(7,8)9)15-16-28(38)42-25-26-13-11-10-12-14-26;1-22(2,3)29-21(27)19(25-15-13-23-11-12-24-14-16-25)9-10-20(26)28-17-18-7-5-4-6-8-18;1-6(2,3)9-5(8)4-7/h10-14,27H,15-25H2,1-9H3;4-8,19,23-24H,9-17H2,1-3H3;4H2,1-3H3. The molecule has 0 aliphatic carbocycles. The van der Waals surface area contributed by atoms with Crippen LogP contribution in [0.4, 0.5) is 0 Å². The van der Waals surface area contributed by atoms with Gasteiger partial charge in [-0.05, 0) is 128 Å². The van der Waals surface area contributed by atoms with Gasteiger partial charge in [0.25, 0.3) is 0 Å². The molecular weight excluding hydrogens is 1130 g/mol. The number of carbonyl (C=O) groups is 7. The van der Waals surface area contributed by atoms with E-state index in [-0.39, 0.29) is 86.3 Å². The SMILES string of the molecule is CC(C)(C)OC(=O)C(CCC(=O)OCc1ccccc1)N1CCNCCNCC1.CC(C)(C)OC(=O)CBr.CC(C)(C)OC(=O)CN1CCN(CC(=O)OC(C)(C)C)CCN(C(CCC(=O)OCc2ccccc2)C(=O)OC(C)(C)C)CC1. The van der Waals surface area contributed by atoms with Crippen LogP contribution in [0.3, 0.4) is 0 Å². The van der Waals surface area contributed by atoms with Gasteiger partial charge in [-0.3, -0.25) is 53.2 Å². The quantitative estimate of drug-likeness (QED) is 0.0803. The Morgan fingerprint density at radius 3 is 1.05 bits per heavy atom. The number of rotatable bonds is 19. The Balaban J connectivity index is 0.000000525. The normalized spacial score (nSPS) is 16.5. The molecule has 470 valence electrons. The first-order valence-electron chi connectivity index (χ1n) is 29.0. The summed E-state index contributed by atoms with van der Waals surface area (Å²) in [5, 5.41) is 6.98. The van der Waals surface area contributed by atoms with Crippen LogP contribution in [0.15, 0.2) is 60.7 Å². The number of hydrogen-bond donors (Lipinski definition) is 2. The smallest absolute Gasteiger partial charge is 0.323 e. The van der Waals surface area contributed by atoms with Crippen LogP contribution in [0.5, 0.6) is 0 Å². The van der Waals surface area contributed by atoms with Gasteiger partial charge in [-0.25, -0.2) is 0 Å². The number of nitrogens with zero attached hydrogens (tertiary/aromatic N) is 4. The Morgan fingerprint density at radius 2 is 0.735 bits per heavy atom. The Bertz CT molecular complexity index is 2210. The largest absolute Gasteiger partial charge is 0.461 e. The summed E-state index contributed by atoms with van der Waals surface area (Å²) in [7, 11) is 0. The van der Waals surface area contributed by atoms with Gasteiger partial charge in [0.15, 0.2) is 0 Å². The van der Waals surface area contributed by atoms with Gasteiger partial charge in [0.2, 0.25) is 0 Å². The lowest BCUT2D eigenvalue weighted by atomic mass is 10.1. The Hall–Kier alpha value is -5.03. The van der Waals surface area contributed by atoms with Crippen molar-refractivity contribution in [2.45, 2.75) is 183 Å². The molecule has 2 N–H and O–H groups in total. The van der Waals surface area contributed by atoms with Crippen molar-refractivity contribution in [3.63, 3.8) is 0 Å². The van der Waals surface area contributed by atoms with Gasteiger partial charge in [-0.15, -0.1) is 0 Å². The predicted octanol–water partition coefficient (Wildman–Crippen LogP) is 7.26. The Labute approximate surface area is 504 Å². The lowest BCUT2D eigenvalue weighted by Gasteiger charge is -2.33. The van der Waals surface area contributed by atoms with Crippen molar-refractivity contribution in [1.82, 2.24) is 30.2 Å². The molecule has 2 heterocycles. The number of esters is 7. The van der Waals surface area contributed by atoms with Crippen molar-refractivity contribution in [2.75, 3.05) is 97.0 Å². The third kappa shape index (κ3) is 37.1. The number of carbonyl (C=O) groups excluding carboxylic acids is 7. The van der Waals surface area contributed by atoms with Crippen molar-refractivity contribution in [1.29, 1.82) is 0 Å². The van der Waals surface area contributed by atoms with E-state index < -0.39 is 46.4 Å². The molecule has 0 saturated carbocycles. The molecule has 2 aromatic carbocycles. The van der Waals surface area contributed by atoms with Gasteiger partial charge < -0.3 is 43.8 Å². The van der Waals surface area contributed by atoms with E-state index in [1.807, 2.05) is 158 Å². The lowest BCUT2D eigenvalue weighted by molar-refractivity contribution is -0.164. The maximum absolute atomic E-state index is 13.6. The zero-order valence-electron chi connectivity index (χ0n) is 52.7. The van der Waals surface area contributed by atoms with Crippen molar-refractivity contribution in [2.24, 2.45) is 0 Å². The molecule has 0 spiro atoms. The second-order valence-corrected chi connectivity index (χ2v) is 26.0. The summed E-state index contributed by atoms with van der Waals surface area (Å²) in [6.45, 7) is 35.7. The molecule has 83 heavy (non-hydrogen) atoms. The predicted molar refractivity (Wildman–Crippen MR) is 323 cm³/mol. The zero-order chi connectivity index (χ0) is 62.4. The van der Waals surface area contributed by atoms with Crippen molar-refractivity contribution in [3.8, 4) is 0 Å². The van der Waals surface area contributed by atoms with Crippen LogP contribution in [-0.2, 0) is 79.9 Å². The number of benzene rings is 2. The third-order valence-corrected chi connectivity index (χ3v) is 12.3. The average molecular weight is 1230 g/mol. The van der Waals surface area contributed by atoms with E-state index in [1.54, 1.807) is 20.8 Å². The third-order valence-electron chi connectivity index (χ3n) is 11.8. The molecule has 2 aliphatic heterocycles. The van der Waals surface area contributed by atoms with Gasteiger partial charge in [0.05, 0.1) is 13.1 Å². The van der Waals surface area contributed by atoms with Gasteiger partial charge in [-0.2, -0.15) is 0 Å². The first kappa shape index (κ1) is 74.1. The fourth-order valence-electron chi connectivity index (χ4n) is 8.33. The molecule has 0 radical (unpaired) electrons. The second kappa shape index (κ2) is 36.7. The number of ether oxygens (including phenoxy) is 7. The minimum Gasteiger partial charge on any atom is -0.461 e. The highest BCUT2D eigenvalue weighted by Crippen LogP contribution is 2.20. The van der Waals surface area contributed by atoms with Gasteiger partial charge in [0, 0.05) is 91.4 Å². The highest BCUT2D eigenvalue weighted by Gasteiger charge is 2.34. The first-order chi connectivity index (χ1) is 38.6. The molecule has 0 amide bonds. The summed E-state index contributed by atoms with van der Waals surface area (Å²) >= 11 is 2.99. The van der Waals surface area contributed by atoms with Gasteiger partial charge in [-0.1, -0.05) is 76.6 Å². The van der Waals surface area contributed by atoms with Crippen LogP contribution < -0.4 is 10.6 Å². The second-order valence-electron chi connectivity index (χ2n) is 25.5. The van der Waals surface area contributed by atoms with Crippen LogP contribution in [0.25, 0.3) is 0 Å². The number of nitrogens with one attached hydrogen (secondary N) is 2. The fraction of sp³-hybridized carbons (Fsp3) is 0.694.